The van der Waals surface area contributed by atoms with Gasteiger partial charge in [-0.2, -0.15) is 5.10 Å². The van der Waals surface area contributed by atoms with Crippen LogP contribution >= 0.6 is 0 Å². The summed E-state index contributed by atoms with van der Waals surface area (Å²) in [6.45, 7) is 9.79. The first-order valence-electron chi connectivity index (χ1n) is 13.8. The summed E-state index contributed by atoms with van der Waals surface area (Å²) in [5, 5.41) is 8.93. The summed E-state index contributed by atoms with van der Waals surface area (Å²) in [6, 6.07) is 16.6. The molecule has 2 N–H and O–H groups in total. The quantitative estimate of drug-likeness (QED) is 0.199. The van der Waals surface area contributed by atoms with E-state index in [0.717, 1.165) is 75.1 Å². The number of benzene rings is 1. The van der Waals surface area contributed by atoms with E-state index in [4.69, 9.17) is 4.98 Å². The Morgan fingerprint density at radius 1 is 1.05 bits per heavy atom. The maximum Gasteiger partial charge on any atom is 0.135 e. The summed E-state index contributed by atoms with van der Waals surface area (Å²) in [5.41, 5.74) is 9.92. The number of aromatic amines is 2. The Kier molecular flexibility index (Phi) is 7.19. The topological polar surface area (TPSA) is 73.5 Å². The van der Waals surface area contributed by atoms with Crippen LogP contribution in [0.3, 0.4) is 0 Å². The number of aromatic nitrogens is 5. The third kappa shape index (κ3) is 5.20. The van der Waals surface area contributed by atoms with Crippen molar-refractivity contribution in [2.45, 2.75) is 32.6 Å². The zero-order valence-corrected chi connectivity index (χ0v) is 22.5. The van der Waals surface area contributed by atoms with Gasteiger partial charge in [0.15, 0.2) is 0 Å². The fourth-order valence-electron chi connectivity index (χ4n) is 5.53. The van der Waals surface area contributed by atoms with Crippen molar-refractivity contribution in [1.29, 1.82) is 0 Å². The SMILES string of the molecule is C=C/C(=C\C(=C/C)c1ccc2[nH]nc(-c3cc4c(-c5ccccc5)cncc4[nH]3)c2n1)CCCN1CCCC1. The number of fused-ring (bicyclic) bond motifs is 2. The summed E-state index contributed by atoms with van der Waals surface area (Å²) < 4.78 is 0. The molecule has 196 valence electrons. The van der Waals surface area contributed by atoms with Crippen LogP contribution in [-0.4, -0.2) is 49.7 Å². The van der Waals surface area contributed by atoms with E-state index in [2.05, 4.69) is 81.1 Å². The van der Waals surface area contributed by atoms with Crippen molar-refractivity contribution in [2.24, 2.45) is 0 Å². The number of allylic oxidation sites excluding steroid dienone is 5. The molecule has 0 bridgehead atoms. The number of pyridine rings is 2. The molecule has 4 aromatic heterocycles. The van der Waals surface area contributed by atoms with Crippen LogP contribution in [0, 0.1) is 0 Å². The second-order valence-corrected chi connectivity index (χ2v) is 10.2. The summed E-state index contributed by atoms with van der Waals surface area (Å²) in [4.78, 5) is 15.6. The maximum atomic E-state index is 5.08. The summed E-state index contributed by atoms with van der Waals surface area (Å²) in [6.07, 6.45) is 14.9. The lowest BCUT2D eigenvalue weighted by molar-refractivity contribution is 0.334. The maximum absolute atomic E-state index is 5.08. The van der Waals surface area contributed by atoms with E-state index < -0.39 is 0 Å². The summed E-state index contributed by atoms with van der Waals surface area (Å²) in [7, 11) is 0. The molecule has 6 nitrogen and oxygen atoms in total. The Morgan fingerprint density at radius 2 is 1.90 bits per heavy atom. The number of rotatable bonds is 9. The fourth-order valence-corrected chi connectivity index (χ4v) is 5.53. The Bertz CT molecular complexity index is 1660. The molecule has 1 fully saturated rings. The van der Waals surface area contributed by atoms with Crippen molar-refractivity contribution < 1.29 is 0 Å². The van der Waals surface area contributed by atoms with Gasteiger partial charge >= 0.3 is 0 Å². The Balaban J connectivity index is 1.30. The second-order valence-electron chi connectivity index (χ2n) is 10.2. The molecule has 1 saturated heterocycles. The van der Waals surface area contributed by atoms with Gasteiger partial charge in [0, 0.05) is 17.1 Å². The van der Waals surface area contributed by atoms with E-state index in [1.807, 2.05) is 36.7 Å². The van der Waals surface area contributed by atoms with Crippen molar-refractivity contribution in [3.63, 3.8) is 0 Å². The van der Waals surface area contributed by atoms with Crippen LogP contribution in [-0.2, 0) is 0 Å². The van der Waals surface area contributed by atoms with Crippen LogP contribution in [0.4, 0.5) is 0 Å². The molecule has 0 spiro atoms. The molecule has 0 aliphatic carbocycles. The molecule has 0 unspecified atom stereocenters. The minimum absolute atomic E-state index is 0.802. The van der Waals surface area contributed by atoms with E-state index in [1.165, 1.54) is 31.5 Å². The minimum atomic E-state index is 0.802. The summed E-state index contributed by atoms with van der Waals surface area (Å²) >= 11 is 0. The molecule has 6 rings (SSSR count). The molecule has 5 heterocycles. The third-order valence-corrected chi connectivity index (χ3v) is 7.64. The molecule has 1 aromatic carbocycles. The lowest BCUT2D eigenvalue weighted by Gasteiger charge is -2.14. The second kappa shape index (κ2) is 11.2. The molecule has 6 heteroatoms. The lowest BCUT2D eigenvalue weighted by atomic mass is 10.0. The van der Waals surface area contributed by atoms with Crippen molar-refractivity contribution >= 4 is 27.5 Å². The van der Waals surface area contributed by atoms with Crippen LogP contribution in [0.1, 0.15) is 38.3 Å². The molecule has 0 atom stereocenters. The highest BCUT2D eigenvalue weighted by Crippen LogP contribution is 2.33. The largest absolute Gasteiger partial charge is 0.352 e. The van der Waals surface area contributed by atoms with Crippen LogP contribution in [0.25, 0.3) is 50.0 Å². The van der Waals surface area contributed by atoms with Crippen molar-refractivity contribution in [1.82, 2.24) is 30.0 Å². The zero-order chi connectivity index (χ0) is 26.6. The molecular weight excluding hydrogens is 480 g/mol. The molecule has 5 aromatic rings. The number of hydrogen-bond acceptors (Lipinski definition) is 4. The van der Waals surface area contributed by atoms with E-state index in [9.17, 15) is 0 Å². The predicted octanol–water partition coefficient (Wildman–Crippen LogP) is 7.56. The highest BCUT2D eigenvalue weighted by Gasteiger charge is 2.16. The predicted molar refractivity (Wildman–Crippen MR) is 161 cm³/mol. The molecule has 1 aliphatic rings. The van der Waals surface area contributed by atoms with Gasteiger partial charge in [-0.15, -0.1) is 0 Å². The Morgan fingerprint density at radius 3 is 2.69 bits per heavy atom. The number of H-pyrrole nitrogens is 2. The van der Waals surface area contributed by atoms with Gasteiger partial charge in [-0.1, -0.05) is 49.1 Å². The number of nitrogens with one attached hydrogen (secondary N) is 2. The van der Waals surface area contributed by atoms with Crippen molar-refractivity contribution in [3.05, 3.63) is 97.0 Å². The van der Waals surface area contributed by atoms with Gasteiger partial charge in [-0.3, -0.25) is 10.1 Å². The molecule has 0 saturated carbocycles. The van der Waals surface area contributed by atoms with Gasteiger partial charge in [0.1, 0.15) is 11.2 Å². The Hall–Kier alpha value is -4.29. The standard InChI is InChI=1S/C33H34N6/c1-3-23(11-10-18-39-16-8-9-17-39)19-24(4-2)28-14-15-29-32(36-28)33(38-37-29)30-20-26-27(21-34-22-31(26)35-30)25-12-6-5-7-13-25/h3-7,12-15,19-22,35H,1,8-11,16-18H2,2H3,(H,37,38)/b23-19+,24-4+. The van der Waals surface area contributed by atoms with Gasteiger partial charge in [0.25, 0.3) is 0 Å². The van der Waals surface area contributed by atoms with E-state index >= 15 is 0 Å². The van der Waals surface area contributed by atoms with Gasteiger partial charge in [0.2, 0.25) is 0 Å². The van der Waals surface area contributed by atoms with Crippen LogP contribution in [0.15, 0.2) is 91.3 Å². The van der Waals surface area contributed by atoms with Gasteiger partial charge in [-0.05, 0) is 93.2 Å². The minimum Gasteiger partial charge on any atom is -0.352 e. The normalized spacial score (nSPS) is 15.0. The average molecular weight is 515 g/mol. The van der Waals surface area contributed by atoms with Crippen molar-refractivity contribution in [2.75, 3.05) is 19.6 Å². The number of hydrogen-bond donors (Lipinski definition) is 2. The number of likely N-dealkylation sites (tertiary alicyclic amines) is 1. The fraction of sp³-hybridized carbons (Fsp3) is 0.242. The third-order valence-electron chi connectivity index (χ3n) is 7.64. The molecule has 0 amide bonds. The number of nitrogens with zero attached hydrogens (tertiary/aromatic N) is 4. The molecule has 1 aliphatic heterocycles. The first kappa shape index (κ1) is 25.0. The van der Waals surface area contributed by atoms with Crippen molar-refractivity contribution in [3.8, 4) is 22.5 Å². The first-order valence-corrected chi connectivity index (χ1v) is 13.8. The van der Waals surface area contributed by atoms with Gasteiger partial charge < -0.3 is 9.88 Å². The highest BCUT2D eigenvalue weighted by molar-refractivity contribution is 6.00. The smallest absolute Gasteiger partial charge is 0.135 e. The zero-order valence-electron chi connectivity index (χ0n) is 22.5. The van der Waals surface area contributed by atoms with E-state index in [1.54, 1.807) is 0 Å². The molecule has 39 heavy (non-hydrogen) atoms. The first-order chi connectivity index (χ1) is 19.2. The molecular formula is C33H34N6. The van der Waals surface area contributed by atoms with Gasteiger partial charge in [-0.25, -0.2) is 4.98 Å². The lowest BCUT2D eigenvalue weighted by Crippen LogP contribution is -2.20. The molecule has 0 radical (unpaired) electrons. The van der Waals surface area contributed by atoms with E-state index in [0.29, 0.717) is 0 Å². The van der Waals surface area contributed by atoms with Crippen LogP contribution in [0.5, 0.6) is 0 Å². The monoisotopic (exact) mass is 514 g/mol. The average Bonchev–Trinajstić information content (AvgIpc) is 3.74. The Labute approximate surface area is 229 Å². The van der Waals surface area contributed by atoms with Crippen LogP contribution in [0.2, 0.25) is 0 Å². The summed E-state index contributed by atoms with van der Waals surface area (Å²) in [5.74, 6) is 0. The van der Waals surface area contributed by atoms with E-state index in [-0.39, 0.29) is 0 Å². The van der Waals surface area contributed by atoms with Crippen LogP contribution < -0.4 is 0 Å². The van der Waals surface area contributed by atoms with Gasteiger partial charge in [0.05, 0.1) is 28.6 Å². The highest BCUT2D eigenvalue weighted by atomic mass is 15.1.